The fourth-order valence-electron chi connectivity index (χ4n) is 2.28. The molecular weight excluding hydrogens is 344 g/mol. The van der Waals surface area contributed by atoms with E-state index in [9.17, 15) is 0 Å². The molecule has 5 heteroatoms. The van der Waals surface area contributed by atoms with Crippen LogP contribution in [0.4, 0.5) is 0 Å². The lowest BCUT2D eigenvalue weighted by molar-refractivity contribution is 0.00868. The summed E-state index contributed by atoms with van der Waals surface area (Å²) in [5.74, 6) is 0.985. The molecule has 0 aromatic heterocycles. The van der Waals surface area contributed by atoms with Crippen molar-refractivity contribution in [2.45, 2.75) is 110 Å². The second-order valence-corrected chi connectivity index (χ2v) is 20.1. The number of allylic oxidation sites excluding steroid dienone is 1. The van der Waals surface area contributed by atoms with E-state index in [0.717, 1.165) is 18.6 Å². The molecule has 2 atom stereocenters. The Morgan fingerprint density at radius 2 is 1.52 bits per heavy atom. The molecule has 0 unspecified atom stereocenters. The molecular formula is C20H42O3Si2. The zero-order chi connectivity index (χ0) is 19.7. The highest BCUT2D eigenvalue weighted by Gasteiger charge is 2.41. The van der Waals surface area contributed by atoms with Crippen LogP contribution in [0.25, 0.3) is 0 Å². The van der Waals surface area contributed by atoms with E-state index in [-0.39, 0.29) is 22.3 Å². The first-order valence-electron chi connectivity index (χ1n) is 9.74. The topological polar surface area (TPSA) is 27.7 Å². The van der Waals surface area contributed by atoms with Gasteiger partial charge in [-0.15, -0.1) is 0 Å². The molecule has 0 spiro atoms. The van der Waals surface area contributed by atoms with Crippen LogP contribution in [0.5, 0.6) is 0 Å². The molecule has 1 aliphatic heterocycles. The summed E-state index contributed by atoms with van der Waals surface area (Å²) in [7, 11) is -3.53. The van der Waals surface area contributed by atoms with Crippen LogP contribution in [0.1, 0.15) is 61.3 Å². The van der Waals surface area contributed by atoms with Gasteiger partial charge < -0.3 is 13.6 Å². The second-order valence-electron chi connectivity index (χ2n) is 10.5. The summed E-state index contributed by atoms with van der Waals surface area (Å²) in [4.78, 5) is 0. The third-order valence-electron chi connectivity index (χ3n) is 6.32. The van der Waals surface area contributed by atoms with Crippen LogP contribution < -0.4 is 0 Å². The minimum atomic E-state index is -1.78. The summed E-state index contributed by atoms with van der Waals surface area (Å²) in [6, 6.07) is 0. The SMILES string of the molecule is C[C@@H]1OC(CO[Si](C)(C)C(C)(C)C)=CCC[C@@H]1O[Si](C)(C)C(C)(C)C. The van der Waals surface area contributed by atoms with Gasteiger partial charge >= 0.3 is 0 Å². The average molecular weight is 387 g/mol. The van der Waals surface area contributed by atoms with Crippen molar-refractivity contribution in [3.63, 3.8) is 0 Å². The van der Waals surface area contributed by atoms with E-state index < -0.39 is 16.6 Å². The van der Waals surface area contributed by atoms with Gasteiger partial charge in [0.2, 0.25) is 0 Å². The van der Waals surface area contributed by atoms with E-state index in [1.165, 1.54) is 0 Å². The minimum Gasteiger partial charge on any atom is -0.490 e. The molecule has 1 rings (SSSR count). The largest absolute Gasteiger partial charge is 0.490 e. The maximum Gasteiger partial charge on any atom is 0.192 e. The smallest absolute Gasteiger partial charge is 0.192 e. The molecule has 1 heterocycles. The van der Waals surface area contributed by atoms with E-state index >= 15 is 0 Å². The van der Waals surface area contributed by atoms with Gasteiger partial charge in [0.1, 0.15) is 11.9 Å². The molecule has 0 aliphatic carbocycles. The minimum absolute atomic E-state index is 0.0749. The fourth-order valence-corrected chi connectivity index (χ4v) is 4.63. The maximum absolute atomic E-state index is 6.63. The van der Waals surface area contributed by atoms with Gasteiger partial charge in [-0.1, -0.05) is 41.5 Å². The van der Waals surface area contributed by atoms with Crippen LogP contribution in [-0.4, -0.2) is 35.4 Å². The molecule has 0 saturated carbocycles. The summed E-state index contributed by atoms with van der Waals surface area (Å²) < 4.78 is 19.2. The Labute approximate surface area is 158 Å². The Morgan fingerprint density at radius 3 is 2.00 bits per heavy atom. The Balaban J connectivity index is 2.68. The van der Waals surface area contributed by atoms with Gasteiger partial charge in [-0.05, 0) is 62.1 Å². The lowest BCUT2D eigenvalue weighted by Gasteiger charge is -2.40. The molecule has 0 N–H and O–H groups in total. The summed E-state index contributed by atoms with van der Waals surface area (Å²) in [6.07, 6.45) is 4.48. The van der Waals surface area contributed by atoms with Crippen molar-refractivity contribution in [3.05, 3.63) is 11.8 Å². The van der Waals surface area contributed by atoms with Crippen molar-refractivity contribution in [1.82, 2.24) is 0 Å². The maximum atomic E-state index is 6.63. The molecule has 0 fully saturated rings. The van der Waals surface area contributed by atoms with Gasteiger partial charge in [0.05, 0.1) is 12.7 Å². The van der Waals surface area contributed by atoms with Crippen molar-refractivity contribution >= 4 is 16.6 Å². The molecule has 0 bridgehead atoms. The molecule has 0 amide bonds. The fraction of sp³-hybridized carbons (Fsp3) is 0.900. The van der Waals surface area contributed by atoms with E-state index in [4.69, 9.17) is 13.6 Å². The lowest BCUT2D eigenvalue weighted by Crippen LogP contribution is -2.46. The zero-order valence-corrected chi connectivity index (χ0v) is 20.6. The summed E-state index contributed by atoms with van der Waals surface area (Å²) in [5, 5.41) is 0.443. The number of hydrogen-bond donors (Lipinski definition) is 0. The van der Waals surface area contributed by atoms with Crippen molar-refractivity contribution in [3.8, 4) is 0 Å². The normalized spacial score (nSPS) is 23.7. The number of hydrogen-bond acceptors (Lipinski definition) is 3. The van der Waals surface area contributed by atoms with Gasteiger partial charge in [-0.25, -0.2) is 0 Å². The molecule has 0 aromatic rings. The summed E-state index contributed by atoms with van der Waals surface area (Å²) in [6.45, 7) is 25.6. The Kier molecular flexibility index (Phi) is 7.22. The van der Waals surface area contributed by atoms with Crippen LogP contribution in [-0.2, 0) is 13.6 Å². The summed E-state index contributed by atoms with van der Waals surface area (Å²) >= 11 is 0. The second kappa shape index (κ2) is 7.87. The predicted octanol–water partition coefficient (Wildman–Crippen LogP) is 6.48. The first kappa shape index (κ1) is 22.9. The predicted molar refractivity (Wildman–Crippen MR) is 113 cm³/mol. The van der Waals surface area contributed by atoms with E-state index in [2.05, 4.69) is 80.7 Å². The molecule has 1 aliphatic rings. The monoisotopic (exact) mass is 386 g/mol. The van der Waals surface area contributed by atoms with E-state index in [0.29, 0.717) is 6.61 Å². The molecule has 25 heavy (non-hydrogen) atoms. The van der Waals surface area contributed by atoms with Crippen LogP contribution in [0, 0.1) is 0 Å². The standard InChI is InChI=1S/C20H42O3Si2/c1-16-18(23-25(10,11)20(5,6)7)14-12-13-17(22-16)15-21-24(8,9)19(2,3)4/h13,16,18H,12,14-15H2,1-11H3/t16-,18-/m0/s1. The molecule has 0 aromatic carbocycles. The average Bonchev–Trinajstić information content (AvgIpc) is 2.56. The highest BCUT2D eigenvalue weighted by molar-refractivity contribution is 6.74. The van der Waals surface area contributed by atoms with Crippen molar-refractivity contribution in [1.29, 1.82) is 0 Å². The third-order valence-corrected chi connectivity index (χ3v) is 15.3. The lowest BCUT2D eigenvalue weighted by atomic mass is 10.1. The summed E-state index contributed by atoms with van der Waals surface area (Å²) in [5.41, 5.74) is 0. The van der Waals surface area contributed by atoms with Crippen molar-refractivity contribution in [2.75, 3.05) is 6.61 Å². The van der Waals surface area contributed by atoms with Crippen LogP contribution >= 0.6 is 0 Å². The molecule has 3 nitrogen and oxygen atoms in total. The first-order chi connectivity index (χ1) is 11.1. The number of rotatable bonds is 5. The van der Waals surface area contributed by atoms with Gasteiger partial charge in [-0.3, -0.25) is 0 Å². The quantitative estimate of drug-likeness (QED) is 0.506. The molecule has 148 valence electrons. The Hall–Kier alpha value is -0.106. The molecule has 0 saturated heterocycles. The Morgan fingerprint density at radius 1 is 1.00 bits per heavy atom. The first-order valence-corrected chi connectivity index (χ1v) is 15.6. The van der Waals surface area contributed by atoms with Crippen LogP contribution in [0.2, 0.25) is 36.3 Å². The molecule has 0 radical (unpaired) electrons. The van der Waals surface area contributed by atoms with Crippen molar-refractivity contribution < 1.29 is 13.6 Å². The highest BCUT2D eigenvalue weighted by atomic mass is 28.4. The van der Waals surface area contributed by atoms with Crippen molar-refractivity contribution in [2.24, 2.45) is 0 Å². The van der Waals surface area contributed by atoms with Gasteiger partial charge in [0.15, 0.2) is 16.6 Å². The van der Waals surface area contributed by atoms with Gasteiger partial charge in [0, 0.05) is 0 Å². The zero-order valence-electron chi connectivity index (χ0n) is 18.6. The van der Waals surface area contributed by atoms with E-state index in [1.54, 1.807) is 0 Å². The van der Waals surface area contributed by atoms with Gasteiger partial charge in [-0.2, -0.15) is 0 Å². The number of ether oxygens (including phenoxy) is 1. The van der Waals surface area contributed by atoms with Crippen LogP contribution in [0.15, 0.2) is 11.8 Å². The Bertz CT molecular complexity index is 470. The third kappa shape index (κ3) is 6.22. The van der Waals surface area contributed by atoms with Gasteiger partial charge in [0.25, 0.3) is 0 Å². The van der Waals surface area contributed by atoms with Crippen LogP contribution in [0.3, 0.4) is 0 Å². The highest BCUT2D eigenvalue weighted by Crippen LogP contribution is 2.39. The van der Waals surface area contributed by atoms with E-state index in [1.807, 2.05) is 0 Å².